The van der Waals surface area contributed by atoms with Crippen LogP contribution in [0.4, 0.5) is 0 Å². The average molecular weight is 210 g/mol. The van der Waals surface area contributed by atoms with Gasteiger partial charge in [-0.15, -0.1) is 11.3 Å². The first-order valence-corrected chi connectivity index (χ1v) is 5.45. The van der Waals surface area contributed by atoms with Crippen molar-refractivity contribution >= 4 is 29.7 Å². The first-order chi connectivity index (χ1) is 6.25. The molecule has 1 aromatic rings. The summed E-state index contributed by atoms with van der Waals surface area (Å²) in [6.45, 7) is 1.57. The second-order valence-electron chi connectivity index (χ2n) is 2.49. The van der Waals surface area contributed by atoms with Crippen LogP contribution >= 0.6 is 24.0 Å². The number of thiol groups is 1. The molecule has 0 unspecified atom stereocenters. The largest absolute Gasteiger partial charge is 0.294 e. The van der Waals surface area contributed by atoms with Crippen molar-refractivity contribution in [1.82, 2.24) is 0 Å². The second kappa shape index (κ2) is 5.11. The number of Topliss-reactive ketones (excluding diaryl/α,β-unsaturated/α-hetero) is 1. The molecule has 1 nitrogen and oxygen atoms in total. The van der Waals surface area contributed by atoms with Crippen LogP contribution in [-0.4, -0.2) is 11.5 Å². The van der Waals surface area contributed by atoms with Crippen molar-refractivity contribution in [3.63, 3.8) is 0 Å². The standard InChI is InChI=1S/C10H10OS2/c1-8(11)10-9(5-7-13-10)4-2-3-6-12/h5,7,12H,3,6H2,1H3. The molecule has 0 N–H and O–H groups in total. The fraction of sp³-hybridized carbons (Fsp3) is 0.300. The van der Waals surface area contributed by atoms with Crippen LogP contribution in [0, 0.1) is 11.8 Å². The van der Waals surface area contributed by atoms with Crippen molar-refractivity contribution in [1.29, 1.82) is 0 Å². The maximum Gasteiger partial charge on any atom is 0.170 e. The van der Waals surface area contributed by atoms with Gasteiger partial charge in [0.25, 0.3) is 0 Å². The molecule has 0 bridgehead atoms. The number of ketones is 1. The predicted octanol–water partition coefficient (Wildman–Crippen LogP) is 2.62. The lowest BCUT2D eigenvalue weighted by atomic mass is 10.2. The first kappa shape index (κ1) is 10.4. The van der Waals surface area contributed by atoms with Gasteiger partial charge in [-0.3, -0.25) is 4.79 Å². The van der Waals surface area contributed by atoms with Crippen LogP contribution in [0.3, 0.4) is 0 Å². The van der Waals surface area contributed by atoms with Crippen molar-refractivity contribution in [2.24, 2.45) is 0 Å². The highest BCUT2D eigenvalue weighted by Gasteiger charge is 2.05. The topological polar surface area (TPSA) is 17.1 Å². The molecule has 0 saturated carbocycles. The zero-order chi connectivity index (χ0) is 9.68. The number of hydrogen-bond donors (Lipinski definition) is 1. The average Bonchev–Trinajstić information content (AvgIpc) is 2.53. The van der Waals surface area contributed by atoms with Crippen LogP contribution in [0.25, 0.3) is 0 Å². The van der Waals surface area contributed by atoms with Gasteiger partial charge < -0.3 is 0 Å². The molecule has 0 aliphatic rings. The van der Waals surface area contributed by atoms with Crippen molar-refractivity contribution in [2.75, 3.05) is 5.75 Å². The maximum atomic E-state index is 11.1. The van der Waals surface area contributed by atoms with E-state index < -0.39 is 0 Å². The van der Waals surface area contributed by atoms with E-state index in [4.69, 9.17) is 0 Å². The molecule has 0 spiro atoms. The minimum atomic E-state index is 0.0881. The number of hydrogen-bond acceptors (Lipinski definition) is 3. The van der Waals surface area contributed by atoms with Crippen LogP contribution in [0.5, 0.6) is 0 Å². The van der Waals surface area contributed by atoms with Crippen molar-refractivity contribution in [2.45, 2.75) is 13.3 Å². The zero-order valence-corrected chi connectivity index (χ0v) is 9.04. The van der Waals surface area contributed by atoms with E-state index in [0.717, 1.165) is 22.6 Å². The molecule has 1 heterocycles. The molecule has 0 aliphatic heterocycles. The Hall–Kier alpha value is -0.720. The Labute approximate surface area is 87.6 Å². The molecule has 0 atom stereocenters. The molecule has 1 rings (SSSR count). The van der Waals surface area contributed by atoms with Gasteiger partial charge in [-0.25, -0.2) is 0 Å². The van der Waals surface area contributed by atoms with Gasteiger partial charge in [-0.1, -0.05) is 11.8 Å². The number of thiophene rings is 1. The third-order valence-electron chi connectivity index (χ3n) is 1.44. The summed E-state index contributed by atoms with van der Waals surface area (Å²) in [6.07, 6.45) is 0.760. The Kier molecular flexibility index (Phi) is 4.07. The van der Waals surface area contributed by atoms with Crippen LogP contribution in [0.1, 0.15) is 28.6 Å². The summed E-state index contributed by atoms with van der Waals surface area (Å²) in [7, 11) is 0. The van der Waals surface area contributed by atoms with E-state index >= 15 is 0 Å². The molecule has 0 radical (unpaired) electrons. The van der Waals surface area contributed by atoms with E-state index in [1.807, 2.05) is 11.4 Å². The summed E-state index contributed by atoms with van der Waals surface area (Å²) in [4.78, 5) is 11.8. The van der Waals surface area contributed by atoms with E-state index in [1.165, 1.54) is 11.3 Å². The molecule has 0 aromatic carbocycles. The van der Waals surface area contributed by atoms with Gasteiger partial charge in [-0.2, -0.15) is 12.6 Å². The van der Waals surface area contributed by atoms with Crippen molar-refractivity contribution < 1.29 is 4.79 Å². The summed E-state index contributed by atoms with van der Waals surface area (Å²) < 4.78 is 0. The van der Waals surface area contributed by atoms with Crippen LogP contribution in [-0.2, 0) is 0 Å². The van der Waals surface area contributed by atoms with Crippen LogP contribution in [0.15, 0.2) is 11.4 Å². The maximum absolute atomic E-state index is 11.1. The molecule has 0 amide bonds. The van der Waals surface area contributed by atoms with Gasteiger partial charge in [0.1, 0.15) is 0 Å². The number of carbonyl (C=O) groups excluding carboxylic acids is 1. The zero-order valence-electron chi connectivity index (χ0n) is 7.33. The molecule has 0 aliphatic carbocycles. The highest BCUT2D eigenvalue weighted by atomic mass is 32.1. The highest BCUT2D eigenvalue weighted by molar-refractivity contribution is 7.80. The number of carbonyl (C=O) groups is 1. The summed E-state index contributed by atoms with van der Waals surface area (Å²) in [6, 6.07) is 1.88. The summed E-state index contributed by atoms with van der Waals surface area (Å²) >= 11 is 5.50. The molecule has 68 valence electrons. The minimum absolute atomic E-state index is 0.0881. The normalized spacial score (nSPS) is 9.08. The van der Waals surface area contributed by atoms with Gasteiger partial charge in [-0.05, 0) is 18.4 Å². The Morgan fingerprint density at radius 1 is 1.69 bits per heavy atom. The third-order valence-corrected chi connectivity index (χ3v) is 2.68. The Morgan fingerprint density at radius 3 is 3.08 bits per heavy atom. The van der Waals surface area contributed by atoms with E-state index in [-0.39, 0.29) is 5.78 Å². The molecule has 0 fully saturated rings. The quantitative estimate of drug-likeness (QED) is 0.451. The Balaban J connectivity index is 2.84. The molecule has 13 heavy (non-hydrogen) atoms. The molecule has 0 saturated heterocycles. The summed E-state index contributed by atoms with van der Waals surface area (Å²) in [5.74, 6) is 6.77. The predicted molar refractivity (Wildman–Crippen MR) is 59.7 cm³/mol. The lowest BCUT2D eigenvalue weighted by Crippen LogP contribution is -1.89. The van der Waals surface area contributed by atoms with Crippen molar-refractivity contribution in [3.05, 3.63) is 21.9 Å². The van der Waals surface area contributed by atoms with Gasteiger partial charge in [0, 0.05) is 17.7 Å². The highest BCUT2D eigenvalue weighted by Crippen LogP contribution is 2.15. The smallest absolute Gasteiger partial charge is 0.170 e. The second-order valence-corrected chi connectivity index (χ2v) is 3.86. The van der Waals surface area contributed by atoms with Gasteiger partial charge in [0.15, 0.2) is 5.78 Å². The van der Waals surface area contributed by atoms with E-state index in [0.29, 0.717) is 0 Å². The van der Waals surface area contributed by atoms with Gasteiger partial charge in [0.2, 0.25) is 0 Å². The van der Waals surface area contributed by atoms with Gasteiger partial charge in [0.05, 0.1) is 4.88 Å². The first-order valence-electron chi connectivity index (χ1n) is 3.94. The molecular formula is C10H10OS2. The van der Waals surface area contributed by atoms with Crippen LogP contribution in [0.2, 0.25) is 0 Å². The monoisotopic (exact) mass is 210 g/mol. The van der Waals surface area contributed by atoms with E-state index in [9.17, 15) is 4.79 Å². The molecule has 1 aromatic heterocycles. The van der Waals surface area contributed by atoms with Gasteiger partial charge >= 0.3 is 0 Å². The number of rotatable bonds is 2. The molecular weight excluding hydrogens is 200 g/mol. The SMILES string of the molecule is CC(=O)c1sccc1C#CCCS. The Morgan fingerprint density at radius 2 is 2.46 bits per heavy atom. The Bertz CT molecular complexity index is 354. The molecule has 3 heteroatoms. The lowest BCUT2D eigenvalue weighted by Gasteiger charge is -1.88. The van der Waals surface area contributed by atoms with E-state index in [2.05, 4.69) is 24.5 Å². The fourth-order valence-corrected chi connectivity index (χ4v) is 1.76. The van der Waals surface area contributed by atoms with E-state index in [1.54, 1.807) is 6.92 Å². The summed E-state index contributed by atoms with van der Waals surface area (Å²) in [5, 5.41) is 1.89. The fourth-order valence-electron chi connectivity index (χ4n) is 0.894. The third kappa shape index (κ3) is 2.91. The van der Waals surface area contributed by atoms with Crippen molar-refractivity contribution in [3.8, 4) is 11.8 Å². The van der Waals surface area contributed by atoms with Crippen LogP contribution < -0.4 is 0 Å². The lowest BCUT2D eigenvalue weighted by molar-refractivity contribution is 0.102. The summed E-state index contributed by atoms with van der Waals surface area (Å²) in [5.41, 5.74) is 0.847. The minimum Gasteiger partial charge on any atom is -0.294 e.